The number of carboxylic acids is 1. The minimum absolute atomic E-state index is 0.0845. The van der Waals surface area contributed by atoms with E-state index >= 15 is 0 Å². The standard InChI is InChI=1S/C23H20BrClFNO4/c1-13-14(23(28)29)5-3-8-20(13)27-11-15-17(24)9-10-21(30-2)22(15)31-12-16-18(25)6-4-7-19(16)26/h3-10,27H,11-12H2,1-2H3,(H,28,29). The Hall–Kier alpha value is -2.77. The van der Waals surface area contributed by atoms with E-state index in [1.807, 2.05) is 6.07 Å². The zero-order valence-corrected chi connectivity index (χ0v) is 19.2. The van der Waals surface area contributed by atoms with Gasteiger partial charge in [0.15, 0.2) is 11.5 Å². The average molecular weight is 509 g/mol. The number of aromatic carboxylic acids is 1. The highest BCUT2D eigenvalue weighted by molar-refractivity contribution is 9.10. The van der Waals surface area contributed by atoms with E-state index in [0.29, 0.717) is 29.3 Å². The molecule has 0 fully saturated rings. The molecule has 3 aromatic carbocycles. The molecule has 0 aliphatic heterocycles. The Morgan fingerprint density at radius 2 is 1.90 bits per heavy atom. The third kappa shape index (κ3) is 5.11. The van der Waals surface area contributed by atoms with Gasteiger partial charge < -0.3 is 19.9 Å². The lowest BCUT2D eigenvalue weighted by atomic mass is 10.1. The van der Waals surface area contributed by atoms with Crippen molar-refractivity contribution in [2.24, 2.45) is 0 Å². The molecule has 0 saturated carbocycles. The molecule has 0 radical (unpaired) electrons. The molecule has 0 heterocycles. The van der Waals surface area contributed by atoms with E-state index in [1.54, 1.807) is 37.3 Å². The van der Waals surface area contributed by atoms with Gasteiger partial charge in [-0.1, -0.05) is 39.7 Å². The molecule has 0 unspecified atom stereocenters. The lowest BCUT2D eigenvalue weighted by Gasteiger charge is -2.19. The normalized spacial score (nSPS) is 10.6. The highest BCUT2D eigenvalue weighted by atomic mass is 79.9. The van der Waals surface area contributed by atoms with E-state index < -0.39 is 11.8 Å². The van der Waals surface area contributed by atoms with E-state index in [4.69, 9.17) is 21.1 Å². The zero-order valence-electron chi connectivity index (χ0n) is 16.8. The molecular weight excluding hydrogens is 489 g/mol. The van der Waals surface area contributed by atoms with Crippen LogP contribution in [0, 0.1) is 12.7 Å². The summed E-state index contributed by atoms with van der Waals surface area (Å²) < 4.78 is 26.3. The van der Waals surface area contributed by atoms with Crippen molar-refractivity contribution in [1.29, 1.82) is 0 Å². The van der Waals surface area contributed by atoms with Crippen molar-refractivity contribution in [3.05, 3.63) is 86.1 Å². The Bertz CT molecular complexity index is 1100. The molecule has 0 aliphatic carbocycles. The molecule has 5 nitrogen and oxygen atoms in total. The molecule has 31 heavy (non-hydrogen) atoms. The monoisotopic (exact) mass is 507 g/mol. The molecule has 0 amide bonds. The minimum atomic E-state index is -0.991. The van der Waals surface area contributed by atoms with Crippen LogP contribution in [-0.2, 0) is 13.2 Å². The fourth-order valence-electron chi connectivity index (χ4n) is 3.12. The van der Waals surface area contributed by atoms with E-state index in [9.17, 15) is 14.3 Å². The highest BCUT2D eigenvalue weighted by Gasteiger charge is 2.18. The van der Waals surface area contributed by atoms with Crippen LogP contribution in [0.2, 0.25) is 5.02 Å². The van der Waals surface area contributed by atoms with Crippen molar-refractivity contribution in [3.8, 4) is 11.5 Å². The number of hydrogen-bond donors (Lipinski definition) is 2. The first-order chi connectivity index (χ1) is 14.8. The van der Waals surface area contributed by atoms with Crippen molar-refractivity contribution >= 4 is 39.2 Å². The second kappa shape index (κ2) is 10.0. The second-order valence-electron chi connectivity index (χ2n) is 6.68. The molecule has 0 bridgehead atoms. The van der Waals surface area contributed by atoms with E-state index in [2.05, 4.69) is 21.2 Å². The van der Waals surface area contributed by atoms with Gasteiger partial charge in [-0.15, -0.1) is 0 Å². The van der Waals surface area contributed by atoms with Gasteiger partial charge in [-0.3, -0.25) is 0 Å². The number of anilines is 1. The van der Waals surface area contributed by atoms with Gasteiger partial charge in [0.25, 0.3) is 0 Å². The fraction of sp³-hybridized carbons (Fsp3) is 0.174. The van der Waals surface area contributed by atoms with Crippen LogP contribution in [0.25, 0.3) is 0 Å². The van der Waals surface area contributed by atoms with Crippen LogP contribution in [0.5, 0.6) is 11.5 Å². The van der Waals surface area contributed by atoms with Crippen LogP contribution in [0.3, 0.4) is 0 Å². The number of carbonyl (C=O) groups is 1. The quantitative estimate of drug-likeness (QED) is 0.366. The summed E-state index contributed by atoms with van der Waals surface area (Å²) >= 11 is 9.64. The maximum atomic E-state index is 14.2. The van der Waals surface area contributed by atoms with Crippen LogP contribution in [0.4, 0.5) is 10.1 Å². The molecule has 0 saturated heterocycles. The molecule has 0 spiro atoms. The average Bonchev–Trinajstić information content (AvgIpc) is 2.73. The first kappa shape index (κ1) is 22.9. The summed E-state index contributed by atoms with van der Waals surface area (Å²) in [5.41, 5.74) is 2.50. The number of halogens is 3. The van der Waals surface area contributed by atoms with Crippen LogP contribution >= 0.6 is 27.5 Å². The van der Waals surface area contributed by atoms with Crippen molar-refractivity contribution < 1.29 is 23.8 Å². The summed E-state index contributed by atoms with van der Waals surface area (Å²) in [6.07, 6.45) is 0. The smallest absolute Gasteiger partial charge is 0.336 e. The highest BCUT2D eigenvalue weighted by Crippen LogP contribution is 2.38. The minimum Gasteiger partial charge on any atom is -0.493 e. The van der Waals surface area contributed by atoms with Crippen LogP contribution in [-0.4, -0.2) is 18.2 Å². The number of hydrogen-bond acceptors (Lipinski definition) is 4. The fourth-order valence-corrected chi connectivity index (χ4v) is 3.79. The Balaban J connectivity index is 1.90. The van der Waals surface area contributed by atoms with Gasteiger partial charge in [-0.2, -0.15) is 0 Å². The summed E-state index contributed by atoms with van der Waals surface area (Å²) in [6, 6.07) is 13.0. The molecule has 0 aromatic heterocycles. The topological polar surface area (TPSA) is 67.8 Å². The predicted molar refractivity (Wildman–Crippen MR) is 122 cm³/mol. The summed E-state index contributed by atoms with van der Waals surface area (Å²) in [5.74, 6) is -0.545. The lowest BCUT2D eigenvalue weighted by Crippen LogP contribution is -2.09. The van der Waals surface area contributed by atoms with Crippen molar-refractivity contribution in [3.63, 3.8) is 0 Å². The lowest BCUT2D eigenvalue weighted by molar-refractivity contribution is 0.0696. The number of methoxy groups -OCH3 is 1. The first-order valence-electron chi connectivity index (χ1n) is 9.31. The van der Waals surface area contributed by atoms with Gasteiger partial charge >= 0.3 is 5.97 Å². The molecule has 8 heteroatoms. The second-order valence-corrected chi connectivity index (χ2v) is 7.94. The summed E-state index contributed by atoms with van der Waals surface area (Å²) in [4.78, 5) is 11.4. The summed E-state index contributed by atoms with van der Waals surface area (Å²) in [7, 11) is 1.52. The van der Waals surface area contributed by atoms with Gasteiger partial charge in [0, 0.05) is 27.8 Å². The Morgan fingerprint density at radius 3 is 2.58 bits per heavy atom. The molecular formula is C23H20BrClFNO4. The number of carboxylic acid groups (broad SMARTS) is 1. The third-order valence-corrected chi connectivity index (χ3v) is 5.93. The van der Waals surface area contributed by atoms with Crippen LogP contribution in [0.1, 0.15) is 27.0 Å². The van der Waals surface area contributed by atoms with Gasteiger partial charge in [-0.05, 0) is 48.9 Å². The number of ether oxygens (including phenoxy) is 2. The Kier molecular flexibility index (Phi) is 7.41. The first-order valence-corrected chi connectivity index (χ1v) is 10.5. The van der Waals surface area contributed by atoms with Gasteiger partial charge in [0.2, 0.25) is 0 Å². The van der Waals surface area contributed by atoms with E-state index in [1.165, 1.54) is 19.2 Å². The number of rotatable bonds is 8. The zero-order chi connectivity index (χ0) is 22.5. The predicted octanol–water partition coefficient (Wildman–Crippen LogP) is 6.45. The Labute approximate surface area is 192 Å². The van der Waals surface area contributed by atoms with Gasteiger partial charge in [0.05, 0.1) is 17.7 Å². The van der Waals surface area contributed by atoms with Crippen molar-refractivity contribution in [1.82, 2.24) is 0 Å². The summed E-state index contributed by atoms with van der Waals surface area (Å²) in [5, 5.41) is 12.9. The van der Waals surface area contributed by atoms with Crippen molar-refractivity contribution in [2.45, 2.75) is 20.1 Å². The molecule has 3 aromatic rings. The SMILES string of the molecule is COc1ccc(Br)c(CNc2cccc(C(=O)O)c2C)c1OCc1c(F)cccc1Cl. The van der Waals surface area contributed by atoms with Crippen LogP contribution in [0.15, 0.2) is 53.0 Å². The maximum absolute atomic E-state index is 14.2. The largest absolute Gasteiger partial charge is 0.493 e. The molecule has 2 N–H and O–H groups in total. The molecule has 0 atom stereocenters. The maximum Gasteiger partial charge on any atom is 0.336 e. The third-order valence-electron chi connectivity index (χ3n) is 4.83. The summed E-state index contributed by atoms with van der Waals surface area (Å²) in [6.45, 7) is 1.96. The molecule has 3 rings (SSSR count). The van der Waals surface area contributed by atoms with E-state index in [0.717, 1.165) is 10.0 Å². The molecule has 162 valence electrons. The molecule has 0 aliphatic rings. The number of nitrogens with one attached hydrogen (secondary N) is 1. The van der Waals surface area contributed by atoms with Crippen LogP contribution < -0.4 is 14.8 Å². The van der Waals surface area contributed by atoms with Gasteiger partial charge in [0.1, 0.15) is 12.4 Å². The Morgan fingerprint density at radius 1 is 1.16 bits per heavy atom. The van der Waals surface area contributed by atoms with Gasteiger partial charge in [-0.25, -0.2) is 9.18 Å². The number of benzene rings is 3. The van der Waals surface area contributed by atoms with E-state index in [-0.39, 0.29) is 22.8 Å². The van der Waals surface area contributed by atoms with Crippen molar-refractivity contribution in [2.75, 3.05) is 12.4 Å².